The Morgan fingerprint density at radius 3 is 2.50 bits per heavy atom. The summed E-state index contributed by atoms with van der Waals surface area (Å²) in [6.45, 7) is 0.182. The zero-order valence-electron chi connectivity index (χ0n) is 10.6. The van der Waals surface area contributed by atoms with Crippen molar-refractivity contribution in [1.82, 2.24) is 0 Å². The lowest BCUT2D eigenvalue weighted by Crippen LogP contribution is -1.99. The first kappa shape index (κ1) is 14.5. The standard InChI is InChI=1S/C13H12O5S2/c1-20(16,17)11-7-10(12(19-11)13(14)15)18-8-9-5-3-2-4-6-9/h2-7H,8H2,1H3,(H,14,15). The third-order valence-electron chi connectivity index (χ3n) is 2.47. The normalized spacial score (nSPS) is 11.2. The Labute approximate surface area is 120 Å². The molecule has 1 N–H and O–H groups in total. The summed E-state index contributed by atoms with van der Waals surface area (Å²) in [5, 5.41) is 9.08. The van der Waals surface area contributed by atoms with Crippen LogP contribution in [0.2, 0.25) is 0 Å². The van der Waals surface area contributed by atoms with E-state index in [4.69, 9.17) is 9.84 Å². The summed E-state index contributed by atoms with van der Waals surface area (Å²) in [6, 6.07) is 10.5. The first-order valence-electron chi connectivity index (χ1n) is 5.62. The van der Waals surface area contributed by atoms with Gasteiger partial charge in [0.25, 0.3) is 0 Å². The molecule has 0 amide bonds. The Hall–Kier alpha value is -1.86. The Morgan fingerprint density at radius 1 is 1.30 bits per heavy atom. The molecule has 1 aromatic carbocycles. The SMILES string of the molecule is CS(=O)(=O)c1cc(OCc2ccccc2)c(C(=O)O)s1. The van der Waals surface area contributed by atoms with Crippen LogP contribution in [-0.4, -0.2) is 25.7 Å². The van der Waals surface area contributed by atoms with E-state index < -0.39 is 15.8 Å². The van der Waals surface area contributed by atoms with Crippen LogP contribution in [0.1, 0.15) is 15.2 Å². The van der Waals surface area contributed by atoms with Crippen LogP contribution in [-0.2, 0) is 16.4 Å². The molecule has 0 aliphatic heterocycles. The molecule has 0 unspecified atom stereocenters. The number of hydrogen-bond acceptors (Lipinski definition) is 5. The smallest absolute Gasteiger partial charge is 0.349 e. The Kier molecular flexibility index (Phi) is 4.10. The summed E-state index contributed by atoms with van der Waals surface area (Å²) in [5.41, 5.74) is 0.871. The van der Waals surface area contributed by atoms with E-state index in [2.05, 4.69) is 0 Å². The summed E-state index contributed by atoms with van der Waals surface area (Å²) in [5.74, 6) is -1.13. The first-order valence-corrected chi connectivity index (χ1v) is 8.32. The van der Waals surface area contributed by atoms with Crippen molar-refractivity contribution in [1.29, 1.82) is 0 Å². The maximum Gasteiger partial charge on any atom is 0.349 e. The topological polar surface area (TPSA) is 80.7 Å². The molecule has 2 rings (SSSR count). The molecule has 1 heterocycles. The van der Waals surface area contributed by atoms with Gasteiger partial charge in [0.05, 0.1) is 0 Å². The van der Waals surface area contributed by atoms with Crippen molar-refractivity contribution in [2.24, 2.45) is 0 Å². The van der Waals surface area contributed by atoms with Crippen LogP contribution in [0, 0.1) is 0 Å². The lowest BCUT2D eigenvalue weighted by Gasteiger charge is -2.04. The monoisotopic (exact) mass is 312 g/mol. The molecule has 0 radical (unpaired) electrons. The number of carboxylic acid groups (broad SMARTS) is 1. The minimum absolute atomic E-state index is 0.0158. The van der Waals surface area contributed by atoms with Crippen LogP contribution in [0.15, 0.2) is 40.6 Å². The van der Waals surface area contributed by atoms with Crippen molar-refractivity contribution in [2.75, 3.05) is 6.26 Å². The second-order valence-electron chi connectivity index (χ2n) is 4.11. The molecule has 0 saturated heterocycles. The van der Waals surface area contributed by atoms with Crippen molar-refractivity contribution < 1.29 is 23.1 Å². The highest BCUT2D eigenvalue weighted by molar-refractivity contribution is 7.92. The van der Waals surface area contributed by atoms with Crippen molar-refractivity contribution >= 4 is 27.1 Å². The van der Waals surface area contributed by atoms with Crippen molar-refractivity contribution in [2.45, 2.75) is 10.8 Å². The molecule has 106 valence electrons. The third-order valence-corrected chi connectivity index (χ3v) is 5.38. The van der Waals surface area contributed by atoms with Crippen LogP contribution >= 0.6 is 11.3 Å². The number of benzene rings is 1. The van der Waals surface area contributed by atoms with Gasteiger partial charge < -0.3 is 9.84 Å². The molecule has 0 atom stereocenters. The minimum atomic E-state index is -3.45. The molecular weight excluding hydrogens is 300 g/mol. The Morgan fingerprint density at radius 2 is 1.95 bits per heavy atom. The van der Waals surface area contributed by atoms with Crippen LogP contribution in [0.4, 0.5) is 0 Å². The quantitative estimate of drug-likeness (QED) is 0.917. The highest BCUT2D eigenvalue weighted by Gasteiger charge is 2.21. The van der Waals surface area contributed by atoms with Gasteiger partial charge in [0.1, 0.15) is 16.6 Å². The number of rotatable bonds is 5. The van der Waals surface area contributed by atoms with Gasteiger partial charge in [-0.05, 0) is 5.56 Å². The molecule has 0 fully saturated rings. The molecule has 20 heavy (non-hydrogen) atoms. The summed E-state index contributed by atoms with van der Waals surface area (Å²) < 4.78 is 28.3. The number of thiophene rings is 1. The van der Waals surface area contributed by atoms with Crippen LogP contribution < -0.4 is 4.74 Å². The van der Waals surface area contributed by atoms with E-state index in [1.165, 1.54) is 6.07 Å². The molecule has 0 aliphatic rings. The molecule has 7 heteroatoms. The minimum Gasteiger partial charge on any atom is -0.487 e. The summed E-state index contributed by atoms with van der Waals surface area (Å²) in [7, 11) is -3.45. The van der Waals surface area contributed by atoms with Crippen molar-refractivity contribution in [3.05, 3.63) is 46.8 Å². The predicted molar refractivity (Wildman–Crippen MR) is 75.2 cm³/mol. The van der Waals surface area contributed by atoms with Crippen LogP contribution in [0.25, 0.3) is 0 Å². The molecule has 5 nitrogen and oxygen atoms in total. The second kappa shape index (κ2) is 5.64. The fourth-order valence-electron chi connectivity index (χ4n) is 1.53. The van der Waals surface area contributed by atoms with Gasteiger partial charge in [-0.1, -0.05) is 30.3 Å². The average molecular weight is 312 g/mol. The average Bonchev–Trinajstić information content (AvgIpc) is 2.82. The molecule has 2 aromatic rings. The Bertz CT molecular complexity index is 716. The van der Waals surface area contributed by atoms with E-state index >= 15 is 0 Å². The third kappa shape index (κ3) is 3.37. The van der Waals surface area contributed by atoms with Gasteiger partial charge in [-0.15, -0.1) is 11.3 Å². The fraction of sp³-hybridized carbons (Fsp3) is 0.154. The van der Waals surface area contributed by atoms with Gasteiger partial charge in [-0.25, -0.2) is 13.2 Å². The van der Waals surface area contributed by atoms with Gasteiger partial charge in [0.15, 0.2) is 14.7 Å². The number of aromatic carboxylic acids is 1. The van der Waals surface area contributed by atoms with Crippen LogP contribution in [0.5, 0.6) is 5.75 Å². The zero-order valence-corrected chi connectivity index (χ0v) is 12.2. The van der Waals surface area contributed by atoms with Gasteiger partial charge in [0.2, 0.25) is 0 Å². The fourth-order valence-corrected chi connectivity index (χ4v) is 3.38. The first-order chi connectivity index (χ1) is 9.38. The van der Waals surface area contributed by atoms with Gasteiger partial charge in [-0.2, -0.15) is 0 Å². The number of carboxylic acids is 1. The van der Waals surface area contributed by atoms with Crippen molar-refractivity contribution in [3.63, 3.8) is 0 Å². The second-order valence-corrected chi connectivity index (χ2v) is 7.41. The highest BCUT2D eigenvalue weighted by atomic mass is 32.2. The summed E-state index contributed by atoms with van der Waals surface area (Å²) in [6.07, 6.45) is 1.03. The van der Waals surface area contributed by atoms with E-state index in [-0.39, 0.29) is 21.4 Å². The molecule has 0 aliphatic carbocycles. The molecular formula is C13H12O5S2. The molecule has 1 aromatic heterocycles. The largest absolute Gasteiger partial charge is 0.487 e. The van der Waals surface area contributed by atoms with Crippen molar-refractivity contribution in [3.8, 4) is 5.75 Å². The Balaban J connectivity index is 2.27. The van der Waals surface area contributed by atoms with Gasteiger partial charge >= 0.3 is 5.97 Å². The maximum atomic E-state index is 11.5. The molecule has 0 bridgehead atoms. The summed E-state index contributed by atoms with van der Waals surface area (Å²) in [4.78, 5) is 11.0. The van der Waals surface area contributed by atoms with E-state index in [1.807, 2.05) is 30.3 Å². The number of ether oxygens (including phenoxy) is 1. The number of sulfone groups is 1. The lowest BCUT2D eigenvalue weighted by atomic mass is 10.2. The summed E-state index contributed by atoms with van der Waals surface area (Å²) >= 11 is 0.697. The van der Waals surface area contributed by atoms with E-state index in [0.29, 0.717) is 11.3 Å². The number of hydrogen-bond donors (Lipinski definition) is 1. The van der Waals surface area contributed by atoms with E-state index in [0.717, 1.165) is 11.8 Å². The maximum absolute atomic E-state index is 11.5. The highest BCUT2D eigenvalue weighted by Crippen LogP contribution is 2.33. The van der Waals surface area contributed by atoms with Gasteiger partial charge in [0, 0.05) is 12.3 Å². The van der Waals surface area contributed by atoms with Crippen LogP contribution in [0.3, 0.4) is 0 Å². The lowest BCUT2D eigenvalue weighted by molar-refractivity contribution is 0.0697. The van der Waals surface area contributed by atoms with Gasteiger partial charge in [-0.3, -0.25) is 0 Å². The predicted octanol–water partition coefficient (Wildman–Crippen LogP) is 2.43. The zero-order chi connectivity index (χ0) is 14.8. The molecule has 0 saturated carbocycles. The molecule has 0 spiro atoms. The van der Waals surface area contributed by atoms with E-state index in [9.17, 15) is 13.2 Å². The number of carbonyl (C=O) groups is 1. The van der Waals surface area contributed by atoms with E-state index in [1.54, 1.807) is 0 Å².